The van der Waals surface area contributed by atoms with E-state index in [0.29, 0.717) is 12.5 Å². The maximum atomic E-state index is 11.8. The summed E-state index contributed by atoms with van der Waals surface area (Å²) in [5.41, 5.74) is 2.19. The van der Waals surface area contributed by atoms with Crippen molar-refractivity contribution in [2.24, 2.45) is 0 Å². The Morgan fingerprint density at radius 1 is 1.39 bits per heavy atom. The molecule has 1 aromatic rings. The maximum Gasteiger partial charge on any atom is 0.224 e. The van der Waals surface area contributed by atoms with Crippen LogP contribution in [0.5, 0.6) is 0 Å². The standard InChI is InChI=1S/C15H22N2O/c1-2-12-5-7-14(8-6-12)17-15(18)10-9-13-4-3-11-16-13/h5-8,13,16H,2-4,9-11H2,1H3,(H,17,18). The quantitative estimate of drug-likeness (QED) is 0.838. The van der Waals surface area contributed by atoms with E-state index in [1.54, 1.807) is 0 Å². The van der Waals surface area contributed by atoms with Gasteiger partial charge in [0.25, 0.3) is 0 Å². The summed E-state index contributed by atoms with van der Waals surface area (Å²) in [6.07, 6.45) is 5.02. The number of amides is 1. The second-order valence-electron chi connectivity index (χ2n) is 4.93. The Bertz CT molecular complexity index is 380. The molecule has 1 atom stereocenters. The number of hydrogen-bond donors (Lipinski definition) is 2. The number of carbonyl (C=O) groups is 1. The molecule has 0 radical (unpaired) electrons. The highest BCUT2D eigenvalue weighted by Gasteiger charge is 2.15. The van der Waals surface area contributed by atoms with Crippen molar-refractivity contribution in [3.63, 3.8) is 0 Å². The molecule has 1 amide bonds. The smallest absolute Gasteiger partial charge is 0.224 e. The summed E-state index contributed by atoms with van der Waals surface area (Å²) in [5, 5.41) is 6.36. The Morgan fingerprint density at radius 2 is 2.17 bits per heavy atom. The predicted octanol–water partition coefficient (Wildman–Crippen LogP) is 2.72. The fourth-order valence-electron chi connectivity index (χ4n) is 2.36. The summed E-state index contributed by atoms with van der Waals surface area (Å²) in [5.74, 6) is 0.118. The van der Waals surface area contributed by atoms with Crippen LogP contribution >= 0.6 is 0 Å². The van der Waals surface area contributed by atoms with Crippen molar-refractivity contribution in [3.8, 4) is 0 Å². The van der Waals surface area contributed by atoms with E-state index in [2.05, 4.69) is 29.7 Å². The van der Waals surface area contributed by atoms with Gasteiger partial charge in [-0.1, -0.05) is 19.1 Å². The first-order valence-corrected chi connectivity index (χ1v) is 6.90. The van der Waals surface area contributed by atoms with E-state index in [1.807, 2.05) is 12.1 Å². The van der Waals surface area contributed by atoms with Crippen LogP contribution in [-0.4, -0.2) is 18.5 Å². The van der Waals surface area contributed by atoms with Gasteiger partial charge in [0.15, 0.2) is 0 Å². The lowest BCUT2D eigenvalue weighted by atomic mass is 10.1. The summed E-state index contributed by atoms with van der Waals surface area (Å²) < 4.78 is 0. The minimum absolute atomic E-state index is 0.118. The van der Waals surface area contributed by atoms with E-state index in [4.69, 9.17) is 0 Å². The van der Waals surface area contributed by atoms with E-state index < -0.39 is 0 Å². The third-order valence-corrected chi connectivity index (χ3v) is 3.53. The number of nitrogens with one attached hydrogen (secondary N) is 2. The fourth-order valence-corrected chi connectivity index (χ4v) is 2.36. The van der Waals surface area contributed by atoms with Gasteiger partial charge in [-0.15, -0.1) is 0 Å². The van der Waals surface area contributed by atoms with Gasteiger partial charge in [-0.2, -0.15) is 0 Å². The Kier molecular flexibility index (Phi) is 4.76. The number of rotatable bonds is 5. The molecule has 2 rings (SSSR count). The fraction of sp³-hybridized carbons (Fsp3) is 0.533. The largest absolute Gasteiger partial charge is 0.326 e. The van der Waals surface area contributed by atoms with E-state index in [0.717, 1.165) is 25.1 Å². The molecule has 1 fully saturated rings. The van der Waals surface area contributed by atoms with E-state index in [-0.39, 0.29) is 5.91 Å². The first kappa shape index (κ1) is 13.1. The number of anilines is 1. The van der Waals surface area contributed by atoms with Crippen LogP contribution in [-0.2, 0) is 11.2 Å². The number of carbonyl (C=O) groups excluding carboxylic acids is 1. The van der Waals surface area contributed by atoms with Gasteiger partial charge >= 0.3 is 0 Å². The van der Waals surface area contributed by atoms with Gasteiger partial charge in [0, 0.05) is 18.2 Å². The minimum Gasteiger partial charge on any atom is -0.326 e. The van der Waals surface area contributed by atoms with Crippen LogP contribution in [0.25, 0.3) is 0 Å². The lowest BCUT2D eigenvalue weighted by molar-refractivity contribution is -0.116. The van der Waals surface area contributed by atoms with Gasteiger partial charge in [-0.3, -0.25) is 4.79 Å². The second kappa shape index (κ2) is 6.55. The molecular formula is C15H22N2O. The summed E-state index contributed by atoms with van der Waals surface area (Å²) in [7, 11) is 0. The average Bonchev–Trinajstić information content (AvgIpc) is 2.90. The van der Waals surface area contributed by atoms with E-state index >= 15 is 0 Å². The minimum atomic E-state index is 0.118. The molecule has 1 aromatic carbocycles. The lowest BCUT2D eigenvalue weighted by Gasteiger charge is -2.10. The molecule has 1 unspecified atom stereocenters. The summed E-state index contributed by atoms with van der Waals surface area (Å²) in [4.78, 5) is 11.8. The highest BCUT2D eigenvalue weighted by atomic mass is 16.1. The molecule has 0 aliphatic carbocycles. The molecule has 3 heteroatoms. The van der Waals surface area contributed by atoms with Crippen molar-refractivity contribution in [1.82, 2.24) is 5.32 Å². The molecular weight excluding hydrogens is 224 g/mol. The van der Waals surface area contributed by atoms with Crippen molar-refractivity contribution in [2.75, 3.05) is 11.9 Å². The number of benzene rings is 1. The van der Waals surface area contributed by atoms with Crippen molar-refractivity contribution in [3.05, 3.63) is 29.8 Å². The molecule has 3 nitrogen and oxygen atoms in total. The van der Waals surface area contributed by atoms with Crippen LogP contribution in [0.1, 0.15) is 38.2 Å². The topological polar surface area (TPSA) is 41.1 Å². The maximum absolute atomic E-state index is 11.8. The Morgan fingerprint density at radius 3 is 2.78 bits per heavy atom. The van der Waals surface area contributed by atoms with Crippen molar-refractivity contribution < 1.29 is 4.79 Å². The van der Waals surface area contributed by atoms with Crippen LogP contribution in [0.4, 0.5) is 5.69 Å². The van der Waals surface area contributed by atoms with Gasteiger partial charge < -0.3 is 10.6 Å². The molecule has 0 bridgehead atoms. The Hall–Kier alpha value is -1.35. The monoisotopic (exact) mass is 246 g/mol. The average molecular weight is 246 g/mol. The third-order valence-electron chi connectivity index (χ3n) is 3.53. The number of hydrogen-bond acceptors (Lipinski definition) is 2. The van der Waals surface area contributed by atoms with Gasteiger partial charge in [-0.05, 0) is 49.9 Å². The van der Waals surface area contributed by atoms with Gasteiger partial charge in [0.1, 0.15) is 0 Å². The molecule has 2 N–H and O–H groups in total. The van der Waals surface area contributed by atoms with Gasteiger partial charge in [0.2, 0.25) is 5.91 Å². The molecule has 98 valence electrons. The summed E-state index contributed by atoms with van der Waals surface area (Å²) in [6, 6.07) is 8.62. The second-order valence-corrected chi connectivity index (χ2v) is 4.93. The summed E-state index contributed by atoms with van der Waals surface area (Å²) in [6.45, 7) is 3.23. The SMILES string of the molecule is CCc1ccc(NC(=O)CCC2CCCN2)cc1. The molecule has 1 aliphatic rings. The zero-order chi connectivity index (χ0) is 12.8. The van der Waals surface area contributed by atoms with E-state index in [9.17, 15) is 4.79 Å². The zero-order valence-corrected chi connectivity index (χ0v) is 11.0. The first-order valence-electron chi connectivity index (χ1n) is 6.90. The third kappa shape index (κ3) is 3.84. The van der Waals surface area contributed by atoms with Crippen molar-refractivity contribution >= 4 is 11.6 Å². The first-order chi connectivity index (χ1) is 8.78. The zero-order valence-electron chi connectivity index (χ0n) is 11.0. The van der Waals surface area contributed by atoms with Crippen molar-refractivity contribution in [1.29, 1.82) is 0 Å². The molecule has 1 saturated heterocycles. The molecule has 1 heterocycles. The predicted molar refractivity (Wildman–Crippen MR) is 74.7 cm³/mol. The van der Waals surface area contributed by atoms with Crippen LogP contribution < -0.4 is 10.6 Å². The van der Waals surface area contributed by atoms with Gasteiger partial charge in [-0.25, -0.2) is 0 Å². The highest BCUT2D eigenvalue weighted by Crippen LogP contribution is 2.13. The molecule has 0 saturated carbocycles. The number of aryl methyl sites for hydroxylation is 1. The lowest BCUT2D eigenvalue weighted by Crippen LogP contribution is -2.23. The Labute approximate surface area is 109 Å². The van der Waals surface area contributed by atoms with Gasteiger partial charge in [0.05, 0.1) is 0 Å². The molecule has 1 aliphatic heterocycles. The molecule has 0 spiro atoms. The van der Waals surface area contributed by atoms with E-state index in [1.165, 1.54) is 18.4 Å². The van der Waals surface area contributed by atoms with Crippen molar-refractivity contribution in [2.45, 2.75) is 45.1 Å². The normalized spacial score (nSPS) is 18.8. The Balaban J connectivity index is 1.75. The molecule has 0 aromatic heterocycles. The van der Waals surface area contributed by atoms with Crippen LogP contribution in [0.3, 0.4) is 0 Å². The van der Waals surface area contributed by atoms with Crippen LogP contribution in [0.15, 0.2) is 24.3 Å². The van der Waals surface area contributed by atoms with Crippen LogP contribution in [0, 0.1) is 0 Å². The summed E-state index contributed by atoms with van der Waals surface area (Å²) >= 11 is 0. The molecule has 18 heavy (non-hydrogen) atoms. The van der Waals surface area contributed by atoms with Crippen LogP contribution in [0.2, 0.25) is 0 Å². The highest BCUT2D eigenvalue weighted by molar-refractivity contribution is 5.90.